The van der Waals surface area contributed by atoms with Crippen LogP contribution in [0.25, 0.3) is 16.9 Å². The third-order valence-corrected chi connectivity index (χ3v) is 6.68. The molecule has 7 heteroatoms. The lowest BCUT2D eigenvalue weighted by atomic mass is 10.0. The molecule has 3 heterocycles. The number of benzene rings is 2. The molecule has 0 saturated carbocycles. The molecule has 2 aliphatic heterocycles. The Hall–Kier alpha value is -3.45. The minimum atomic E-state index is -0.316. The summed E-state index contributed by atoms with van der Waals surface area (Å²) in [6.07, 6.45) is 4.19. The summed E-state index contributed by atoms with van der Waals surface area (Å²) in [6, 6.07) is 18.1. The van der Waals surface area contributed by atoms with E-state index in [9.17, 15) is 9.59 Å². The number of aromatic nitrogens is 2. The van der Waals surface area contributed by atoms with Gasteiger partial charge in [-0.3, -0.25) is 9.59 Å². The molecule has 1 atom stereocenters. The quantitative estimate of drug-likeness (QED) is 0.586. The van der Waals surface area contributed by atoms with Crippen molar-refractivity contribution in [3.8, 4) is 16.9 Å². The predicted octanol–water partition coefficient (Wildman–Crippen LogP) is 3.57. The van der Waals surface area contributed by atoms with E-state index in [0.29, 0.717) is 44.0 Å². The predicted molar refractivity (Wildman–Crippen MR) is 130 cm³/mol. The third kappa shape index (κ3) is 4.48. The van der Waals surface area contributed by atoms with Gasteiger partial charge in [-0.05, 0) is 37.0 Å². The number of hydrogen-bond acceptors (Lipinski definition) is 4. The van der Waals surface area contributed by atoms with E-state index < -0.39 is 0 Å². The van der Waals surface area contributed by atoms with E-state index in [-0.39, 0.29) is 17.9 Å². The molecule has 0 radical (unpaired) electrons. The van der Waals surface area contributed by atoms with Crippen molar-refractivity contribution in [1.29, 1.82) is 0 Å². The molecule has 176 valence electrons. The molecule has 3 aromatic rings. The first-order chi connectivity index (χ1) is 16.6. The lowest BCUT2D eigenvalue weighted by Gasteiger charge is -2.35. The highest BCUT2D eigenvalue weighted by Gasteiger charge is 2.32. The molecule has 34 heavy (non-hydrogen) atoms. The fourth-order valence-corrected chi connectivity index (χ4v) is 4.63. The van der Waals surface area contributed by atoms with Gasteiger partial charge in [0.05, 0.1) is 11.3 Å². The second kappa shape index (κ2) is 9.81. The van der Waals surface area contributed by atoms with Gasteiger partial charge in [0.2, 0.25) is 0 Å². The van der Waals surface area contributed by atoms with Crippen LogP contribution in [0.3, 0.4) is 0 Å². The molecule has 2 saturated heterocycles. The standard InChI is InChI=1S/C27H30N4O3/c1-2-20-10-12-21(13-11-20)25-23(19-31(28-25)22-7-4-3-5-8-22)26(32)29-14-16-30(17-15-29)27(33)24-9-6-18-34-24/h3-5,7-8,10-13,19,24H,2,6,9,14-18H2,1H3. The van der Waals surface area contributed by atoms with Crippen molar-refractivity contribution in [1.82, 2.24) is 19.6 Å². The fourth-order valence-electron chi connectivity index (χ4n) is 4.63. The zero-order valence-corrected chi connectivity index (χ0v) is 19.5. The number of nitrogens with zero attached hydrogens (tertiary/aromatic N) is 4. The molecule has 0 aliphatic carbocycles. The molecule has 7 nitrogen and oxygen atoms in total. The van der Waals surface area contributed by atoms with E-state index in [1.807, 2.05) is 58.5 Å². The molecule has 0 N–H and O–H groups in total. The maximum absolute atomic E-state index is 13.6. The molecule has 1 aromatic heterocycles. The minimum absolute atomic E-state index is 0.0539. The van der Waals surface area contributed by atoms with Gasteiger partial charge in [-0.2, -0.15) is 5.10 Å². The van der Waals surface area contributed by atoms with Crippen molar-refractivity contribution in [2.24, 2.45) is 0 Å². The van der Waals surface area contributed by atoms with Crippen LogP contribution in [-0.4, -0.2) is 70.3 Å². The minimum Gasteiger partial charge on any atom is -0.368 e. The van der Waals surface area contributed by atoms with Gasteiger partial charge in [-0.1, -0.05) is 49.4 Å². The number of ether oxygens (including phenoxy) is 1. The first kappa shape index (κ1) is 22.3. The van der Waals surface area contributed by atoms with E-state index in [0.717, 1.165) is 30.5 Å². The highest BCUT2D eigenvalue weighted by molar-refractivity contribution is 6.00. The largest absolute Gasteiger partial charge is 0.368 e. The van der Waals surface area contributed by atoms with E-state index in [1.165, 1.54) is 5.56 Å². The average Bonchev–Trinajstić information content (AvgIpc) is 3.60. The maximum atomic E-state index is 13.6. The number of amides is 2. The van der Waals surface area contributed by atoms with Gasteiger partial charge in [0, 0.05) is 44.5 Å². The van der Waals surface area contributed by atoms with Crippen LogP contribution >= 0.6 is 0 Å². The zero-order chi connectivity index (χ0) is 23.5. The maximum Gasteiger partial charge on any atom is 0.257 e. The first-order valence-electron chi connectivity index (χ1n) is 12.1. The van der Waals surface area contributed by atoms with E-state index >= 15 is 0 Å². The number of carbonyl (C=O) groups is 2. The summed E-state index contributed by atoms with van der Waals surface area (Å²) in [7, 11) is 0. The number of hydrogen-bond donors (Lipinski definition) is 0. The number of rotatable bonds is 5. The molecule has 5 rings (SSSR count). The van der Waals surface area contributed by atoms with E-state index in [4.69, 9.17) is 9.84 Å². The van der Waals surface area contributed by atoms with Crippen LogP contribution in [0.5, 0.6) is 0 Å². The smallest absolute Gasteiger partial charge is 0.257 e. The van der Waals surface area contributed by atoms with E-state index in [1.54, 1.807) is 4.68 Å². The van der Waals surface area contributed by atoms with Crippen LogP contribution in [0.15, 0.2) is 60.8 Å². The zero-order valence-electron chi connectivity index (χ0n) is 19.5. The Morgan fingerprint density at radius 3 is 2.32 bits per heavy atom. The molecular weight excluding hydrogens is 428 g/mol. The summed E-state index contributed by atoms with van der Waals surface area (Å²) < 4.78 is 7.33. The molecule has 1 unspecified atom stereocenters. The number of aryl methyl sites for hydroxylation is 1. The lowest BCUT2D eigenvalue weighted by molar-refractivity contribution is -0.142. The lowest BCUT2D eigenvalue weighted by Crippen LogP contribution is -2.52. The van der Waals surface area contributed by atoms with Crippen LogP contribution < -0.4 is 0 Å². The van der Waals surface area contributed by atoms with E-state index in [2.05, 4.69) is 19.1 Å². The fraction of sp³-hybridized carbons (Fsp3) is 0.370. The molecule has 2 aromatic carbocycles. The van der Waals surface area contributed by atoms with Crippen molar-refractivity contribution >= 4 is 11.8 Å². The molecular formula is C27H30N4O3. The molecule has 2 fully saturated rings. The second-order valence-electron chi connectivity index (χ2n) is 8.84. The summed E-state index contributed by atoms with van der Waals surface area (Å²) >= 11 is 0. The van der Waals surface area contributed by atoms with Gasteiger partial charge in [-0.25, -0.2) is 4.68 Å². The van der Waals surface area contributed by atoms with Gasteiger partial charge in [0.25, 0.3) is 11.8 Å². The summed E-state index contributed by atoms with van der Waals surface area (Å²) in [6.45, 7) is 4.83. The Kier molecular flexibility index (Phi) is 6.45. The number of carbonyl (C=O) groups excluding carboxylic acids is 2. The van der Waals surface area contributed by atoms with Crippen LogP contribution in [0.2, 0.25) is 0 Å². The molecule has 2 amide bonds. The van der Waals surface area contributed by atoms with Gasteiger partial charge in [0.15, 0.2) is 0 Å². The topological polar surface area (TPSA) is 67.7 Å². The van der Waals surface area contributed by atoms with Crippen molar-refractivity contribution in [3.05, 3.63) is 71.9 Å². The SMILES string of the molecule is CCc1ccc(-c2nn(-c3ccccc3)cc2C(=O)N2CCN(C(=O)C3CCCO3)CC2)cc1. The Labute approximate surface area is 199 Å². The summed E-state index contributed by atoms with van der Waals surface area (Å²) in [4.78, 5) is 30.0. The highest BCUT2D eigenvalue weighted by atomic mass is 16.5. The molecule has 0 bridgehead atoms. The Balaban J connectivity index is 1.38. The monoisotopic (exact) mass is 458 g/mol. The van der Waals surface area contributed by atoms with Crippen LogP contribution in [0, 0.1) is 0 Å². The summed E-state index contributed by atoms with van der Waals surface area (Å²) in [5, 5.41) is 4.81. The van der Waals surface area contributed by atoms with Crippen molar-refractivity contribution in [3.63, 3.8) is 0 Å². The molecule has 2 aliphatic rings. The van der Waals surface area contributed by atoms with Gasteiger partial charge in [0.1, 0.15) is 11.8 Å². The van der Waals surface area contributed by atoms with Crippen molar-refractivity contribution in [2.75, 3.05) is 32.8 Å². The average molecular weight is 459 g/mol. The normalized spacial score (nSPS) is 18.3. The van der Waals surface area contributed by atoms with Gasteiger partial charge in [-0.15, -0.1) is 0 Å². The third-order valence-electron chi connectivity index (χ3n) is 6.68. The number of piperazine rings is 1. The Morgan fingerprint density at radius 1 is 0.971 bits per heavy atom. The van der Waals surface area contributed by atoms with Gasteiger partial charge < -0.3 is 14.5 Å². The summed E-state index contributed by atoms with van der Waals surface area (Å²) in [5.41, 5.74) is 4.31. The van der Waals surface area contributed by atoms with Crippen LogP contribution in [0.1, 0.15) is 35.7 Å². The summed E-state index contributed by atoms with van der Waals surface area (Å²) in [5.74, 6) is -0.000774. The van der Waals surface area contributed by atoms with Gasteiger partial charge >= 0.3 is 0 Å². The Bertz CT molecular complexity index is 1140. The van der Waals surface area contributed by atoms with Crippen LogP contribution in [-0.2, 0) is 16.0 Å². The molecule has 0 spiro atoms. The first-order valence-corrected chi connectivity index (χ1v) is 12.1. The van der Waals surface area contributed by atoms with Crippen molar-refractivity contribution < 1.29 is 14.3 Å². The Morgan fingerprint density at radius 2 is 1.68 bits per heavy atom. The van der Waals surface area contributed by atoms with Crippen molar-refractivity contribution in [2.45, 2.75) is 32.3 Å². The highest BCUT2D eigenvalue weighted by Crippen LogP contribution is 2.26. The number of para-hydroxylation sites is 1. The van der Waals surface area contributed by atoms with Crippen LogP contribution in [0.4, 0.5) is 0 Å². The second-order valence-corrected chi connectivity index (χ2v) is 8.84.